The van der Waals surface area contributed by atoms with E-state index in [0.717, 1.165) is 15.8 Å². The molecule has 0 atom stereocenters. The number of anilines is 2. The Morgan fingerprint density at radius 3 is 2.63 bits per heavy atom. The lowest BCUT2D eigenvalue weighted by molar-refractivity contribution is 0.0950. The summed E-state index contributed by atoms with van der Waals surface area (Å²) >= 11 is 1.44. The van der Waals surface area contributed by atoms with Crippen molar-refractivity contribution in [1.82, 2.24) is 19.9 Å². The summed E-state index contributed by atoms with van der Waals surface area (Å²) in [6, 6.07) is 14.5. The molecule has 0 radical (unpaired) electrons. The Kier molecular flexibility index (Phi) is 6.02. The molecule has 0 aliphatic heterocycles. The second-order valence-corrected chi connectivity index (χ2v) is 8.50. The summed E-state index contributed by atoms with van der Waals surface area (Å²) in [5, 5.41) is 7.56. The summed E-state index contributed by atoms with van der Waals surface area (Å²) in [5.74, 6) is -0.902. The van der Waals surface area contributed by atoms with Gasteiger partial charge in [0.15, 0.2) is 5.82 Å². The Bertz CT molecular complexity index is 1600. The number of hydrogen-bond donors (Lipinski definition) is 2. The number of halogens is 2. The zero-order chi connectivity index (χ0) is 24.4. The molecule has 2 aromatic carbocycles. The van der Waals surface area contributed by atoms with Gasteiger partial charge in [-0.25, -0.2) is 18.7 Å². The average Bonchev–Trinajstić information content (AvgIpc) is 3.35. The summed E-state index contributed by atoms with van der Waals surface area (Å²) in [6.07, 6.45) is 2.75. The van der Waals surface area contributed by atoms with Crippen LogP contribution in [0.4, 0.5) is 20.3 Å². The van der Waals surface area contributed by atoms with Crippen LogP contribution in [0, 0.1) is 11.6 Å². The Balaban J connectivity index is 1.36. The van der Waals surface area contributed by atoms with Gasteiger partial charge in [-0.05, 0) is 47.3 Å². The SMILES string of the molecule is O=C(NCc1ccc(F)cc1)c1ccc(=O)n(-c2ccc(Nc3ncnc4ccsc34)c(F)c2)c1. The lowest BCUT2D eigenvalue weighted by atomic mass is 10.2. The highest BCUT2D eigenvalue weighted by molar-refractivity contribution is 7.17. The minimum absolute atomic E-state index is 0.184. The Morgan fingerprint density at radius 2 is 1.83 bits per heavy atom. The van der Waals surface area contributed by atoms with Gasteiger partial charge in [-0.3, -0.25) is 14.2 Å². The number of amides is 1. The number of nitrogens with one attached hydrogen (secondary N) is 2. The van der Waals surface area contributed by atoms with Crippen molar-refractivity contribution < 1.29 is 13.6 Å². The Morgan fingerprint density at radius 1 is 1.00 bits per heavy atom. The van der Waals surface area contributed by atoms with E-state index in [1.54, 1.807) is 18.2 Å². The fourth-order valence-corrected chi connectivity index (χ4v) is 4.26. The van der Waals surface area contributed by atoms with Gasteiger partial charge in [0.05, 0.1) is 27.2 Å². The minimum Gasteiger partial charge on any atom is -0.348 e. The van der Waals surface area contributed by atoms with Crippen LogP contribution in [0.3, 0.4) is 0 Å². The third kappa shape index (κ3) is 4.78. The van der Waals surface area contributed by atoms with Crippen molar-refractivity contribution in [3.63, 3.8) is 0 Å². The van der Waals surface area contributed by atoms with Crippen LogP contribution in [-0.2, 0) is 6.54 Å². The van der Waals surface area contributed by atoms with Gasteiger partial charge in [0.1, 0.15) is 18.0 Å². The average molecular weight is 490 g/mol. The van der Waals surface area contributed by atoms with E-state index in [2.05, 4.69) is 20.6 Å². The first-order valence-electron chi connectivity index (χ1n) is 10.5. The third-order valence-electron chi connectivity index (χ3n) is 5.27. The van der Waals surface area contributed by atoms with Crippen molar-refractivity contribution >= 4 is 39.0 Å². The van der Waals surface area contributed by atoms with Gasteiger partial charge in [0.2, 0.25) is 0 Å². The zero-order valence-corrected chi connectivity index (χ0v) is 18.9. The predicted octanol–water partition coefficient (Wildman–Crippen LogP) is 4.79. The second-order valence-electron chi connectivity index (χ2n) is 7.58. The molecule has 3 heterocycles. The Labute approximate surface area is 201 Å². The van der Waals surface area contributed by atoms with E-state index in [1.165, 1.54) is 64.8 Å². The van der Waals surface area contributed by atoms with Crippen LogP contribution in [0.15, 0.2) is 83.4 Å². The molecule has 5 aromatic rings. The van der Waals surface area contributed by atoms with E-state index in [1.807, 2.05) is 11.4 Å². The molecule has 35 heavy (non-hydrogen) atoms. The standard InChI is InChI=1S/C25H17F2N5O2S/c26-17-4-1-15(2-5-17)12-28-25(34)16-3-8-22(33)32(13-16)18-6-7-20(19(27)11-18)31-24-23-21(9-10-35-23)29-14-30-24/h1-11,13-14H,12H2,(H,28,34)(H,29,30,31). The molecule has 0 saturated heterocycles. The van der Waals surface area contributed by atoms with Crippen LogP contribution in [-0.4, -0.2) is 20.4 Å². The fraction of sp³-hybridized carbons (Fsp3) is 0.0400. The maximum atomic E-state index is 15.0. The number of carbonyl (C=O) groups is 1. The predicted molar refractivity (Wildman–Crippen MR) is 130 cm³/mol. The molecule has 0 fully saturated rings. The molecular formula is C25H17F2N5O2S. The molecule has 3 aromatic heterocycles. The van der Waals surface area contributed by atoms with Crippen LogP contribution in [0.5, 0.6) is 0 Å². The van der Waals surface area contributed by atoms with E-state index in [4.69, 9.17) is 0 Å². The van der Waals surface area contributed by atoms with Gasteiger partial charge in [-0.2, -0.15) is 0 Å². The summed E-state index contributed by atoms with van der Waals surface area (Å²) in [4.78, 5) is 33.4. The molecule has 2 N–H and O–H groups in total. The van der Waals surface area contributed by atoms with Gasteiger partial charge in [-0.15, -0.1) is 11.3 Å². The topological polar surface area (TPSA) is 88.9 Å². The normalized spacial score (nSPS) is 10.9. The number of fused-ring (bicyclic) bond motifs is 1. The van der Waals surface area contributed by atoms with Crippen LogP contribution < -0.4 is 16.2 Å². The number of carbonyl (C=O) groups excluding carboxylic acids is 1. The van der Waals surface area contributed by atoms with E-state index in [-0.39, 0.29) is 29.3 Å². The van der Waals surface area contributed by atoms with Crippen molar-refractivity contribution in [1.29, 1.82) is 0 Å². The molecule has 7 nitrogen and oxygen atoms in total. The number of thiophene rings is 1. The molecule has 174 valence electrons. The Hall–Kier alpha value is -4.44. The van der Waals surface area contributed by atoms with E-state index in [9.17, 15) is 18.4 Å². The van der Waals surface area contributed by atoms with Gasteiger partial charge < -0.3 is 10.6 Å². The molecule has 5 rings (SSSR count). The quantitative estimate of drug-likeness (QED) is 0.358. The van der Waals surface area contributed by atoms with Gasteiger partial charge in [0, 0.05) is 24.9 Å². The first-order valence-corrected chi connectivity index (χ1v) is 11.4. The van der Waals surface area contributed by atoms with E-state index < -0.39 is 17.3 Å². The number of hydrogen-bond acceptors (Lipinski definition) is 6. The maximum Gasteiger partial charge on any atom is 0.255 e. The van der Waals surface area contributed by atoms with Crippen molar-refractivity contribution in [2.24, 2.45) is 0 Å². The number of rotatable bonds is 6. The number of pyridine rings is 1. The first-order chi connectivity index (χ1) is 17.0. The summed E-state index contributed by atoms with van der Waals surface area (Å²) in [6.45, 7) is 0.188. The van der Waals surface area contributed by atoms with Crippen LogP contribution in [0.25, 0.3) is 15.9 Å². The highest BCUT2D eigenvalue weighted by Crippen LogP contribution is 2.29. The highest BCUT2D eigenvalue weighted by Gasteiger charge is 2.12. The lowest BCUT2D eigenvalue weighted by Crippen LogP contribution is -2.26. The fourth-order valence-electron chi connectivity index (χ4n) is 3.47. The van der Waals surface area contributed by atoms with Crippen molar-refractivity contribution in [2.75, 3.05) is 5.32 Å². The molecule has 1 amide bonds. The van der Waals surface area contributed by atoms with E-state index in [0.29, 0.717) is 5.82 Å². The van der Waals surface area contributed by atoms with Gasteiger partial charge >= 0.3 is 0 Å². The molecular weight excluding hydrogens is 472 g/mol. The minimum atomic E-state index is -0.594. The van der Waals surface area contributed by atoms with Gasteiger partial charge in [0.25, 0.3) is 11.5 Å². The van der Waals surface area contributed by atoms with Crippen LogP contribution >= 0.6 is 11.3 Å². The first kappa shape index (κ1) is 22.4. The van der Waals surface area contributed by atoms with Crippen LogP contribution in [0.1, 0.15) is 15.9 Å². The smallest absolute Gasteiger partial charge is 0.255 e. The summed E-state index contributed by atoms with van der Waals surface area (Å²) in [7, 11) is 0. The number of aromatic nitrogens is 3. The molecule has 0 bridgehead atoms. The summed E-state index contributed by atoms with van der Waals surface area (Å²) < 4.78 is 30.0. The molecule has 0 aliphatic rings. The molecule has 0 aliphatic carbocycles. The maximum absolute atomic E-state index is 15.0. The molecule has 0 unspecified atom stereocenters. The van der Waals surface area contributed by atoms with Crippen molar-refractivity contribution in [3.05, 3.63) is 112 Å². The van der Waals surface area contributed by atoms with Crippen LogP contribution in [0.2, 0.25) is 0 Å². The van der Waals surface area contributed by atoms with Crippen molar-refractivity contribution in [3.8, 4) is 5.69 Å². The van der Waals surface area contributed by atoms with Gasteiger partial charge in [-0.1, -0.05) is 12.1 Å². The second kappa shape index (κ2) is 9.43. The molecule has 10 heteroatoms. The molecule has 0 spiro atoms. The number of benzene rings is 2. The van der Waals surface area contributed by atoms with E-state index >= 15 is 0 Å². The van der Waals surface area contributed by atoms with Crippen molar-refractivity contribution in [2.45, 2.75) is 6.54 Å². The zero-order valence-electron chi connectivity index (χ0n) is 18.0. The highest BCUT2D eigenvalue weighted by atomic mass is 32.1. The monoisotopic (exact) mass is 489 g/mol. The number of nitrogens with zero attached hydrogens (tertiary/aromatic N) is 3. The summed E-state index contributed by atoms with van der Waals surface area (Å²) in [5.41, 5.74) is 1.72. The lowest BCUT2D eigenvalue weighted by Gasteiger charge is -2.12. The molecule has 0 saturated carbocycles. The third-order valence-corrected chi connectivity index (χ3v) is 6.18. The largest absolute Gasteiger partial charge is 0.348 e.